The molecular formula is C20H20N2O4. The summed E-state index contributed by atoms with van der Waals surface area (Å²) in [7, 11) is 0. The number of fused-ring (bicyclic) bond motifs is 1. The Labute approximate surface area is 152 Å². The molecule has 6 heteroatoms. The van der Waals surface area contributed by atoms with Gasteiger partial charge in [-0.25, -0.2) is 5.43 Å². The van der Waals surface area contributed by atoms with Crippen molar-refractivity contribution in [3.63, 3.8) is 0 Å². The molecule has 0 radical (unpaired) electrons. The zero-order chi connectivity index (χ0) is 18.4. The van der Waals surface area contributed by atoms with Crippen LogP contribution in [0.2, 0.25) is 0 Å². The number of amides is 1. The molecule has 134 valence electrons. The van der Waals surface area contributed by atoms with Crippen LogP contribution < -0.4 is 19.6 Å². The van der Waals surface area contributed by atoms with Gasteiger partial charge in [0, 0.05) is 6.21 Å². The standard InChI is InChI=1S/C20H20N2O4/c1-14-5-3-7-17(15(14)2)24-12-20(23)22-21-10-4-6-16-8-9-18-19(11-16)26-13-25-18/h3-11H,12-13H2,1-2H3,(H,22,23)/b6-4+,21-10-. The molecule has 0 aliphatic carbocycles. The lowest BCUT2D eigenvalue weighted by atomic mass is 10.1. The molecule has 0 unspecified atom stereocenters. The van der Waals surface area contributed by atoms with Crippen molar-refractivity contribution in [2.75, 3.05) is 13.4 Å². The second kappa shape index (κ2) is 8.20. The number of hydrogen-bond acceptors (Lipinski definition) is 5. The van der Waals surface area contributed by atoms with Gasteiger partial charge in [-0.1, -0.05) is 24.3 Å². The number of nitrogens with one attached hydrogen (secondary N) is 1. The van der Waals surface area contributed by atoms with E-state index in [1.807, 2.05) is 56.3 Å². The van der Waals surface area contributed by atoms with Gasteiger partial charge in [-0.05, 0) is 54.8 Å². The molecule has 1 N–H and O–H groups in total. The molecule has 1 aliphatic heterocycles. The minimum absolute atomic E-state index is 0.0898. The Balaban J connectivity index is 1.44. The Kier molecular flexibility index (Phi) is 5.53. The van der Waals surface area contributed by atoms with E-state index < -0.39 is 0 Å². The van der Waals surface area contributed by atoms with Gasteiger partial charge in [0.1, 0.15) is 5.75 Å². The highest BCUT2D eigenvalue weighted by Crippen LogP contribution is 2.32. The van der Waals surface area contributed by atoms with Crippen LogP contribution in [0.5, 0.6) is 17.2 Å². The van der Waals surface area contributed by atoms with Crippen molar-refractivity contribution in [2.45, 2.75) is 13.8 Å². The average molecular weight is 352 g/mol. The molecule has 2 aromatic carbocycles. The third kappa shape index (κ3) is 4.42. The topological polar surface area (TPSA) is 69.2 Å². The zero-order valence-corrected chi connectivity index (χ0v) is 14.7. The third-order valence-electron chi connectivity index (χ3n) is 3.95. The number of carbonyl (C=O) groups excluding carboxylic acids is 1. The lowest BCUT2D eigenvalue weighted by Crippen LogP contribution is -2.24. The van der Waals surface area contributed by atoms with Gasteiger partial charge in [0.15, 0.2) is 18.1 Å². The molecule has 0 fully saturated rings. The molecular weight excluding hydrogens is 332 g/mol. The highest BCUT2D eigenvalue weighted by molar-refractivity contribution is 5.82. The lowest BCUT2D eigenvalue weighted by molar-refractivity contribution is -0.123. The minimum atomic E-state index is -0.321. The van der Waals surface area contributed by atoms with Crippen LogP contribution in [0.25, 0.3) is 6.08 Å². The van der Waals surface area contributed by atoms with Crippen molar-refractivity contribution in [1.82, 2.24) is 5.43 Å². The molecule has 1 heterocycles. The van der Waals surface area contributed by atoms with E-state index in [-0.39, 0.29) is 19.3 Å². The van der Waals surface area contributed by atoms with E-state index in [1.165, 1.54) is 6.21 Å². The van der Waals surface area contributed by atoms with Crippen molar-refractivity contribution in [3.05, 3.63) is 59.2 Å². The SMILES string of the molecule is Cc1cccc(OCC(=O)N/N=C\C=C\c2ccc3c(c2)OCO3)c1C. The highest BCUT2D eigenvalue weighted by Gasteiger charge is 2.12. The van der Waals surface area contributed by atoms with E-state index in [2.05, 4.69) is 10.5 Å². The molecule has 0 spiro atoms. The van der Waals surface area contributed by atoms with Gasteiger partial charge >= 0.3 is 0 Å². The van der Waals surface area contributed by atoms with E-state index in [1.54, 1.807) is 6.08 Å². The van der Waals surface area contributed by atoms with Gasteiger partial charge in [0.2, 0.25) is 6.79 Å². The summed E-state index contributed by atoms with van der Waals surface area (Å²) in [5, 5.41) is 3.86. The maximum atomic E-state index is 11.8. The second-order valence-corrected chi connectivity index (χ2v) is 5.77. The fourth-order valence-corrected chi connectivity index (χ4v) is 2.38. The van der Waals surface area contributed by atoms with E-state index >= 15 is 0 Å². The number of rotatable bonds is 6. The number of ether oxygens (including phenoxy) is 3. The van der Waals surface area contributed by atoms with E-state index in [0.29, 0.717) is 5.75 Å². The van der Waals surface area contributed by atoms with Crippen molar-refractivity contribution in [2.24, 2.45) is 5.10 Å². The van der Waals surface area contributed by atoms with Crippen LogP contribution in [-0.4, -0.2) is 25.5 Å². The number of nitrogens with zero attached hydrogens (tertiary/aromatic N) is 1. The summed E-state index contributed by atoms with van der Waals surface area (Å²) in [5.74, 6) is 1.85. The fraction of sp³-hybridized carbons (Fsp3) is 0.200. The first kappa shape index (κ1) is 17.5. The predicted molar refractivity (Wildman–Crippen MR) is 99.6 cm³/mol. The monoisotopic (exact) mass is 352 g/mol. The summed E-state index contributed by atoms with van der Waals surface area (Å²) in [5.41, 5.74) is 5.52. The van der Waals surface area contributed by atoms with Crippen LogP contribution in [-0.2, 0) is 4.79 Å². The summed E-state index contributed by atoms with van der Waals surface area (Å²) in [6, 6.07) is 11.4. The van der Waals surface area contributed by atoms with Crippen molar-refractivity contribution >= 4 is 18.2 Å². The second-order valence-electron chi connectivity index (χ2n) is 5.77. The van der Waals surface area contributed by atoms with Crippen LogP contribution in [0.15, 0.2) is 47.6 Å². The number of carbonyl (C=O) groups is 1. The highest BCUT2D eigenvalue weighted by atomic mass is 16.7. The van der Waals surface area contributed by atoms with Crippen LogP contribution in [0.3, 0.4) is 0 Å². The molecule has 3 rings (SSSR count). The summed E-state index contributed by atoms with van der Waals surface area (Å²) in [4.78, 5) is 11.8. The van der Waals surface area contributed by atoms with Gasteiger partial charge < -0.3 is 14.2 Å². The lowest BCUT2D eigenvalue weighted by Gasteiger charge is -2.09. The third-order valence-corrected chi connectivity index (χ3v) is 3.95. The Bertz CT molecular complexity index is 859. The first-order chi connectivity index (χ1) is 12.6. The Morgan fingerprint density at radius 1 is 1.23 bits per heavy atom. The number of benzene rings is 2. The fourth-order valence-electron chi connectivity index (χ4n) is 2.38. The van der Waals surface area contributed by atoms with Crippen molar-refractivity contribution in [1.29, 1.82) is 0 Å². The molecule has 0 saturated carbocycles. The molecule has 0 bridgehead atoms. The van der Waals surface area contributed by atoms with E-state index in [0.717, 1.165) is 28.2 Å². The van der Waals surface area contributed by atoms with Crippen LogP contribution in [0, 0.1) is 13.8 Å². The number of hydrazone groups is 1. The molecule has 1 amide bonds. The summed E-state index contributed by atoms with van der Waals surface area (Å²) < 4.78 is 16.1. The molecule has 1 aliphatic rings. The molecule has 6 nitrogen and oxygen atoms in total. The summed E-state index contributed by atoms with van der Waals surface area (Å²) >= 11 is 0. The molecule has 0 saturated heterocycles. The Hall–Kier alpha value is -3.28. The Morgan fingerprint density at radius 2 is 2.08 bits per heavy atom. The van der Waals surface area contributed by atoms with Gasteiger partial charge in [-0.2, -0.15) is 5.10 Å². The average Bonchev–Trinajstić information content (AvgIpc) is 3.10. The molecule has 26 heavy (non-hydrogen) atoms. The number of aryl methyl sites for hydroxylation is 1. The van der Waals surface area contributed by atoms with Crippen LogP contribution in [0.4, 0.5) is 0 Å². The maximum absolute atomic E-state index is 11.8. The van der Waals surface area contributed by atoms with Gasteiger partial charge in [-0.15, -0.1) is 0 Å². The normalized spacial score (nSPS) is 12.7. The molecule has 0 atom stereocenters. The molecule has 2 aromatic rings. The first-order valence-electron chi connectivity index (χ1n) is 8.21. The zero-order valence-electron chi connectivity index (χ0n) is 14.7. The first-order valence-corrected chi connectivity index (χ1v) is 8.21. The molecule has 0 aromatic heterocycles. The van der Waals surface area contributed by atoms with Crippen molar-refractivity contribution < 1.29 is 19.0 Å². The van der Waals surface area contributed by atoms with E-state index in [9.17, 15) is 4.79 Å². The quantitative estimate of drug-likeness (QED) is 0.640. The van der Waals surface area contributed by atoms with Crippen LogP contribution >= 0.6 is 0 Å². The smallest absolute Gasteiger partial charge is 0.277 e. The van der Waals surface area contributed by atoms with E-state index in [4.69, 9.17) is 14.2 Å². The minimum Gasteiger partial charge on any atom is -0.483 e. The summed E-state index contributed by atoms with van der Waals surface area (Å²) in [6.07, 6.45) is 5.08. The Morgan fingerprint density at radius 3 is 2.96 bits per heavy atom. The predicted octanol–water partition coefficient (Wildman–Crippen LogP) is 3.23. The number of allylic oxidation sites excluding steroid dienone is 1. The maximum Gasteiger partial charge on any atom is 0.277 e. The van der Waals surface area contributed by atoms with Gasteiger partial charge in [-0.3, -0.25) is 4.79 Å². The van der Waals surface area contributed by atoms with Gasteiger partial charge in [0.25, 0.3) is 5.91 Å². The number of hydrogen-bond donors (Lipinski definition) is 1. The van der Waals surface area contributed by atoms with Crippen LogP contribution in [0.1, 0.15) is 16.7 Å². The largest absolute Gasteiger partial charge is 0.483 e. The van der Waals surface area contributed by atoms with Gasteiger partial charge in [0.05, 0.1) is 0 Å². The summed E-state index contributed by atoms with van der Waals surface area (Å²) in [6.45, 7) is 4.12. The van der Waals surface area contributed by atoms with Crippen molar-refractivity contribution in [3.8, 4) is 17.2 Å².